The fourth-order valence-corrected chi connectivity index (χ4v) is 1.10. The monoisotopic (exact) mass is 410 g/mol. The van der Waals surface area contributed by atoms with E-state index >= 15 is 0 Å². The Balaban J connectivity index is -0.0000000288. The Morgan fingerprint density at radius 1 is 0.957 bits per heavy atom. The number of carbonyl (C=O) groups excluding carboxylic acids is 1. The van der Waals surface area contributed by atoms with E-state index in [-0.39, 0.29) is 62.3 Å². The summed E-state index contributed by atoms with van der Waals surface area (Å²) in [5.41, 5.74) is 0. The summed E-state index contributed by atoms with van der Waals surface area (Å²) in [6.07, 6.45) is 6.15. The van der Waals surface area contributed by atoms with E-state index < -0.39 is 0 Å². The first kappa shape index (κ1) is 43.8. The molecule has 1 aliphatic carbocycles. The molecule has 2 rings (SSSR count). The molecule has 0 atom stereocenters. The van der Waals surface area contributed by atoms with Crippen molar-refractivity contribution < 1.29 is 26.5 Å². The zero-order valence-electron chi connectivity index (χ0n) is 13.9. The molecule has 1 aliphatic heterocycles. The Morgan fingerprint density at radius 2 is 1.26 bits per heavy atom. The molecule has 0 unspecified atom stereocenters. The third kappa shape index (κ3) is 45.0. The third-order valence-electron chi connectivity index (χ3n) is 2.32. The smallest absolute Gasteiger partial charge is 1.00 e. The van der Waals surface area contributed by atoms with E-state index in [0.29, 0.717) is 0 Å². The molecule has 23 heavy (non-hydrogen) atoms. The van der Waals surface area contributed by atoms with Crippen molar-refractivity contribution in [1.82, 2.24) is 9.80 Å². The Bertz CT molecular complexity index is 170. The summed E-state index contributed by atoms with van der Waals surface area (Å²) in [7, 11) is 7.65. The van der Waals surface area contributed by atoms with Gasteiger partial charge in [0.2, 0.25) is 6.41 Å². The van der Waals surface area contributed by atoms with Crippen molar-refractivity contribution in [2.45, 2.75) is 60.9 Å². The zero-order chi connectivity index (χ0) is 14.4. The summed E-state index contributed by atoms with van der Waals surface area (Å²) in [5, 5.41) is 0. The SMILES string of the molecule is C.C.C.C1CCOC1.CN(C)C1CC1.CN(C)C=O.[Br-].[CH2-]C.[Mg+2]. The summed E-state index contributed by atoms with van der Waals surface area (Å²) < 4.78 is 4.94. The second kappa shape index (κ2) is 34.1. The summed E-state index contributed by atoms with van der Waals surface area (Å²) >= 11 is 0. The summed E-state index contributed by atoms with van der Waals surface area (Å²) in [6.45, 7) is 7.00. The first-order valence-electron chi connectivity index (χ1n) is 6.64. The second-order valence-electron chi connectivity index (χ2n) is 4.58. The van der Waals surface area contributed by atoms with Crippen LogP contribution in [-0.4, -0.2) is 86.7 Å². The van der Waals surface area contributed by atoms with Crippen molar-refractivity contribution in [3.8, 4) is 0 Å². The van der Waals surface area contributed by atoms with Gasteiger partial charge in [0.1, 0.15) is 0 Å². The van der Waals surface area contributed by atoms with Crippen molar-refractivity contribution in [1.29, 1.82) is 0 Å². The standard InChI is InChI=1S/C5H11N.C4H8O.C3H7NO.C2H5.3CH4.BrH.Mg/c1-6(2)5-3-4-5;1-2-4-5-3-1;1-4(2)3-5;1-2;;;;;/h5H,3-4H2,1-2H3;1-4H2;3H,1-2H3;1H2,2H3;3*1H4;1H;/q;;;-1;;;;;+2/p-1. The fraction of sp³-hybridized carbons (Fsp3) is 0.882. The molecule has 6 heteroatoms. The molecular weight excluding hydrogens is 368 g/mol. The van der Waals surface area contributed by atoms with Crippen molar-refractivity contribution in [2.24, 2.45) is 0 Å². The van der Waals surface area contributed by atoms with Crippen LogP contribution < -0.4 is 17.0 Å². The molecule has 0 bridgehead atoms. The maximum atomic E-state index is 9.43. The summed E-state index contributed by atoms with van der Waals surface area (Å²) in [6, 6.07) is 0.935. The molecule has 1 amide bonds. The van der Waals surface area contributed by atoms with E-state index in [2.05, 4.69) is 25.9 Å². The van der Waals surface area contributed by atoms with Crippen LogP contribution in [0.1, 0.15) is 54.9 Å². The minimum atomic E-state index is 0. The van der Waals surface area contributed by atoms with Crippen LogP contribution in [0.3, 0.4) is 0 Å². The third-order valence-corrected chi connectivity index (χ3v) is 2.32. The molecule has 2 fully saturated rings. The van der Waals surface area contributed by atoms with Gasteiger partial charge in [-0.25, -0.2) is 0 Å². The molecule has 0 N–H and O–H groups in total. The van der Waals surface area contributed by atoms with Gasteiger partial charge in [0.05, 0.1) is 0 Å². The van der Waals surface area contributed by atoms with Gasteiger partial charge in [-0.1, -0.05) is 22.3 Å². The normalized spacial score (nSPS) is 12.8. The van der Waals surface area contributed by atoms with Crippen LogP contribution in [-0.2, 0) is 9.53 Å². The van der Waals surface area contributed by atoms with Crippen molar-refractivity contribution in [3.63, 3.8) is 0 Å². The molecular formula is C17H43BrMgN2O2. The van der Waals surface area contributed by atoms with Gasteiger partial charge in [-0.3, -0.25) is 4.79 Å². The minimum absolute atomic E-state index is 0. The Morgan fingerprint density at radius 3 is 1.30 bits per heavy atom. The van der Waals surface area contributed by atoms with E-state index in [1.165, 1.54) is 30.6 Å². The molecule has 0 aromatic heterocycles. The number of carbonyl (C=O) groups is 1. The quantitative estimate of drug-likeness (QED) is 0.379. The Labute approximate surface area is 174 Å². The van der Waals surface area contributed by atoms with Crippen molar-refractivity contribution in [3.05, 3.63) is 6.92 Å². The first-order valence-corrected chi connectivity index (χ1v) is 6.64. The van der Waals surface area contributed by atoms with E-state index in [4.69, 9.17) is 4.74 Å². The number of rotatable bonds is 2. The van der Waals surface area contributed by atoms with Crippen LogP contribution in [0.4, 0.5) is 0 Å². The van der Waals surface area contributed by atoms with Crippen LogP contribution in [0.15, 0.2) is 0 Å². The van der Waals surface area contributed by atoms with Crippen LogP contribution in [0.2, 0.25) is 0 Å². The predicted octanol–water partition coefficient (Wildman–Crippen LogP) is 0.583. The minimum Gasteiger partial charge on any atom is -1.00 e. The number of nitrogens with zero attached hydrogens (tertiary/aromatic N) is 2. The average Bonchev–Trinajstić information content (AvgIpc) is 3.07. The molecule has 0 radical (unpaired) electrons. The van der Waals surface area contributed by atoms with Crippen LogP contribution in [0.5, 0.6) is 0 Å². The van der Waals surface area contributed by atoms with Crippen LogP contribution in [0.25, 0.3) is 0 Å². The largest absolute Gasteiger partial charge is 2.00 e. The van der Waals surface area contributed by atoms with Gasteiger partial charge in [0.25, 0.3) is 0 Å². The number of ether oxygens (including phenoxy) is 1. The van der Waals surface area contributed by atoms with Gasteiger partial charge >= 0.3 is 23.1 Å². The molecule has 0 aromatic rings. The van der Waals surface area contributed by atoms with Crippen LogP contribution in [0, 0.1) is 6.92 Å². The molecule has 4 nitrogen and oxygen atoms in total. The Kier molecular flexibility index (Phi) is 64.8. The summed E-state index contributed by atoms with van der Waals surface area (Å²) in [5.74, 6) is 0. The summed E-state index contributed by atoms with van der Waals surface area (Å²) in [4.78, 5) is 13.2. The number of halogens is 1. The number of amides is 1. The van der Waals surface area contributed by atoms with Gasteiger partial charge < -0.3 is 38.4 Å². The van der Waals surface area contributed by atoms with E-state index in [0.717, 1.165) is 25.7 Å². The molecule has 2 aliphatic rings. The van der Waals surface area contributed by atoms with Crippen molar-refractivity contribution in [2.75, 3.05) is 41.4 Å². The molecule has 0 spiro atoms. The Hall–Kier alpha value is 0.636. The van der Waals surface area contributed by atoms with Gasteiger partial charge in [-0.2, -0.15) is 6.92 Å². The van der Waals surface area contributed by atoms with Crippen molar-refractivity contribution >= 4 is 29.5 Å². The fourth-order valence-electron chi connectivity index (χ4n) is 1.10. The van der Waals surface area contributed by atoms with Gasteiger partial charge in [-0.05, 0) is 39.8 Å². The van der Waals surface area contributed by atoms with Gasteiger partial charge in [0, 0.05) is 33.4 Å². The molecule has 142 valence electrons. The zero-order valence-corrected chi connectivity index (χ0v) is 16.9. The average molecular weight is 412 g/mol. The van der Waals surface area contributed by atoms with Gasteiger partial charge in [0.15, 0.2) is 0 Å². The second-order valence-corrected chi connectivity index (χ2v) is 4.58. The first-order chi connectivity index (χ1) is 8.57. The number of hydrogen-bond acceptors (Lipinski definition) is 3. The maximum Gasteiger partial charge on any atom is 2.00 e. The van der Waals surface area contributed by atoms with E-state index in [1.807, 2.05) is 0 Å². The van der Waals surface area contributed by atoms with E-state index in [1.54, 1.807) is 21.0 Å². The topological polar surface area (TPSA) is 32.8 Å². The maximum absolute atomic E-state index is 9.43. The molecule has 0 aromatic carbocycles. The molecule has 1 saturated carbocycles. The predicted molar refractivity (Wildman–Crippen MR) is 103 cm³/mol. The van der Waals surface area contributed by atoms with Gasteiger partial charge in [-0.15, -0.1) is 0 Å². The van der Waals surface area contributed by atoms with Crippen LogP contribution >= 0.6 is 0 Å². The molecule has 1 saturated heterocycles. The van der Waals surface area contributed by atoms with E-state index in [9.17, 15) is 4.79 Å². The molecule has 1 heterocycles. The number of hydrogen-bond donors (Lipinski definition) is 0.